The normalized spacial score (nSPS) is 12.0. The van der Waals surface area contributed by atoms with Gasteiger partial charge in [-0.3, -0.25) is 4.79 Å². The zero-order chi connectivity index (χ0) is 15.2. The summed E-state index contributed by atoms with van der Waals surface area (Å²) < 4.78 is 20.0. The van der Waals surface area contributed by atoms with Gasteiger partial charge in [-0.1, -0.05) is 28.1 Å². The molecule has 0 bridgehead atoms. The number of ether oxygens (including phenoxy) is 1. The number of methoxy groups -OCH3 is 1. The zero-order valence-electron chi connectivity index (χ0n) is 11.4. The Morgan fingerprint density at radius 1 is 1.19 bits per heavy atom. The molecule has 0 spiro atoms. The molecule has 2 rings (SSSR count). The standard InChI is InChI=1S/C16H14BrFO2S/c1-20-13-6-8-14(9-7-13)21-16(19)15(18)10-11-2-4-12(17)5-3-11/h2-9,15H,10H2,1H3. The summed E-state index contributed by atoms with van der Waals surface area (Å²) >= 11 is 4.24. The van der Waals surface area contributed by atoms with E-state index in [1.807, 2.05) is 24.3 Å². The lowest BCUT2D eigenvalue weighted by Gasteiger charge is -2.08. The fourth-order valence-electron chi connectivity index (χ4n) is 1.73. The minimum Gasteiger partial charge on any atom is -0.497 e. The van der Waals surface area contributed by atoms with E-state index in [-0.39, 0.29) is 6.42 Å². The molecule has 2 nitrogen and oxygen atoms in total. The average molecular weight is 369 g/mol. The first-order valence-corrected chi connectivity index (χ1v) is 7.93. The van der Waals surface area contributed by atoms with E-state index in [2.05, 4.69) is 15.9 Å². The lowest BCUT2D eigenvalue weighted by Crippen LogP contribution is -2.14. The first kappa shape index (κ1) is 16.0. The third kappa shape index (κ3) is 4.86. The minimum atomic E-state index is -1.52. The van der Waals surface area contributed by atoms with Crippen LogP contribution >= 0.6 is 27.7 Å². The van der Waals surface area contributed by atoms with Crippen LogP contribution in [0.3, 0.4) is 0 Å². The lowest BCUT2D eigenvalue weighted by molar-refractivity contribution is -0.115. The van der Waals surface area contributed by atoms with Crippen LogP contribution in [0.15, 0.2) is 57.9 Å². The van der Waals surface area contributed by atoms with E-state index in [4.69, 9.17) is 4.74 Å². The number of hydrogen-bond acceptors (Lipinski definition) is 3. The van der Waals surface area contributed by atoms with Crippen LogP contribution in [0, 0.1) is 0 Å². The van der Waals surface area contributed by atoms with Gasteiger partial charge in [-0.05, 0) is 53.7 Å². The summed E-state index contributed by atoms with van der Waals surface area (Å²) in [6.45, 7) is 0. The summed E-state index contributed by atoms with van der Waals surface area (Å²) in [5.41, 5.74) is 0.800. The highest BCUT2D eigenvalue weighted by atomic mass is 79.9. The van der Waals surface area contributed by atoms with Gasteiger partial charge in [0.2, 0.25) is 5.12 Å². The summed E-state index contributed by atoms with van der Waals surface area (Å²) in [5.74, 6) is 0.707. The van der Waals surface area contributed by atoms with Crippen molar-refractivity contribution in [1.82, 2.24) is 0 Å². The maximum atomic E-state index is 14.0. The van der Waals surface area contributed by atoms with E-state index < -0.39 is 11.3 Å². The minimum absolute atomic E-state index is 0.0925. The molecular formula is C16H14BrFO2S. The van der Waals surface area contributed by atoms with E-state index in [0.29, 0.717) is 10.6 Å². The summed E-state index contributed by atoms with van der Waals surface area (Å²) in [7, 11) is 1.57. The largest absolute Gasteiger partial charge is 0.497 e. The Labute approximate surface area is 135 Å². The molecule has 110 valence electrons. The molecule has 0 heterocycles. The summed E-state index contributed by atoms with van der Waals surface area (Å²) in [4.78, 5) is 12.6. The fourth-order valence-corrected chi connectivity index (χ4v) is 2.71. The maximum absolute atomic E-state index is 14.0. The Hall–Kier alpha value is -1.33. The van der Waals surface area contributed by atoms with Gasteiger partial charge in [0.1, 0.15) is 5.75 Å². The van der Waals surface area contributed by atoms with Crippen molar-refractivity contribution < 1.29 is 13.9 Å². The van der Waals surface area contributed by atoms with Crippen molar-refractivity contribution in [3.63, 3.8) is 0 Å². The first-order chi connectivity index (χ1) is 10.1. The quantitative estimate of drug-likeness (QED) is 0.718. The van der Waals surface area contributed by atoms with Gasteiger partial charge in [-0.15, -0.1) is 0 Å². The van der Waals surface area contributed by atoms with E-state index in [1.54, 1.807) is 31.4 Å². The molecular weight excluding hydrogens is 355 g/mol. The molecule has 21 heavy (non-hydrogen) atoms. The Kier molecular flexibility index (Phi) is 5.82. The van der Waals surface area contributed by atoms with Gasteiger partial charge in [-0.25, -0.2) is 4.39 Å². The molecule has 0 aliphatic heterocycles. The van der Waals surface area contributed by atoms with Gasteiger partial charge in [-0.2, -0.15) is 0 Å². The molecule has 0 saturated carbocycles. The maximum Gasteiger partial charge on any atom is 0.228 e. The zero-order valence-corrected chi connectivity index (χ0v) is 13.8. The van der Waals surface area contributed by atoms with Crippen molar-refractivity contribution in [2.75, 3.05) is 7.11 Å². The summed E-state index contributed by atoms with van der Waals surface area (Å²) in [6, 6.07) is 14.3. The highest BCUT2D eigenvalue weighted by Gasteiger charge is 2.19. The molecule has 1 atom stereocenters. The number of rotatable bonds is 5. The number of thioether (sulfide) groups is 1. The molecule has 0 aromatic heterocycles. The monoisotopic (exact) mass is 368 g/mol. The smallest absolute Gasteiger partial charge is 0.228 e. The molecule has 2 aromatic rings. The summed E-state index contributed by atoms with van der Waals surface area (Å²) in [5, 5.41) is -0.483. The molecule has 2 aromatic carbocycles. The van der Waals surface area contributed by atoms with Crippen molar-refractivity contribution in [3.8, 4) is 5.75 Å². The fraction of sp³-hybridized carbons (Fsp3) is 0.188. The number of halogens is 2. The second kappa shape index (κ2) is 7.61. The van der Waals surface area contributed by atoms with E-state index >= 15 is 0 Å². The van der Waals surface area contributed by atoms with Crippen LogP contribution in [-0.4, -0.2) is 18.4 Å². The van der Waals surface area contributed by atoms with Crippen molar-refractivity contribution in [2.45, 2.75) is 17.5 Å². The molecule has 0 N–H and O–H groups in total. The van der Waals surface area contributed by atoms with Gasteiger partial charge >= 0.3 is 0 Å². The van der Waals surface area contributed by atoms with E-state index in [1.165, 1.54) is 0 Å². The van der Waals surface area contributed by atoms with Crippen molar-refractivity contribution in [1.29, 1.82) is 0 Å². The third-order valence-electron chi connectivity index (χ3n) is 2.86. The molecule has 0 aliphatic carbocycles. The number of hydrogen-bond donors (Lipinski definition) is 0. The van der Waals surface area contributed by atoms with Gasteiger partial charge < -0.3 is 4.74 Å². The predicted octanol–water partition coefficient (Wildman–Crippen LogP) is 4.66. The molecule has 0 amide bonds. The second-order valence-electron chi connectivity index (χ2n) is 4.39. The van der Waals surface area contributed by atoms with Crippen LogP contribution in [0.25, 0.3) is 0 Å². The average Bonchev–Trinajstić information content (AvgIpc) is 2.50. The van der Waals surface area contributed by atoms with Crippen LogP contribution in [0.1, 0.15) is 5.56 Å². The van der Waals surface area contributed by atoms with Crippen molar-refractivity contribution >= 4 is 32.8 Å². The number of alkyl halides is 1. The van der Waals surface area contributed by atoms with E-state index in [9.17, 15) is 9.18 Å². The Morgan fingerprint density at radius 2 is 1.81 bits per heavy atom. The summed E-state index contributed by atoms with van der Waals surface area (Å²) in [6.07, 6.45) is -1.42. The SMILES string of the molecule is COc1ccc(SC(=O)C(F)Cc2ccc(Br)cc2)cc1. The highest BCUT2D eigenvalue weighted by molar-refractivity contribution is 9.10. The van der Waals surface area contributed by atoms with Gasteiger partial charge in [0, 0.05) is 15.8 Å². The Balaban J connectivity index is 1.93. The molecule has 5 heteroatoms. The van der Waals surface area contributed by atoms with Crippen molar-refractivity contribution in [3.05, 3.63) is 58.6 Å². The van der Waals surface area contributed by atoms with Gasteiger partial charge in [0.15, 0.2) is 6.17 Å². The Morgan fingerprint density at radius 3 is 2.38 bits per heavy atom. The van der Waals surface area contributed by atoms with Gasteiger partial charge in [0.25, 0.3) is 0 Å². The molecule has 0 aliphatic rings. The predicted molar refractivity (Wildman–Crippen MR) is 86.6 cm³/mol. The molecule has 0 fully saturated rings. The van der Waals surface area contributed by atoms with Crippen LogP contribution in [0.5, 0.6) is 5.75 Å². The molecule has 1 unspecified atom stereocenters. The Bertz CT molecular complexity index is 599. The van der Waals surface area contributed by atoms with Crippen LogP contribution < -0.4 is 4.74 Å². The highest BCUT2D eigenvalue weighted by Crippen LogP contribution is 2.25. The topological polar surface area (TPSA) is 26.3 Å². The number of carbonyl (C=O) groups is 1. The number of carbonyl (C=O) groups excluding carboxylic acids is 1. The van der Waals surface area contributed by atoms with Crippen LogP contribution in [0.4, 0.5) is 4.39 Å². The van der Waals surface area contributed by atoms with E-state index in [0.717, 1.165) is 21.8 Å². The van der Waals surface area contributed by atoms with Crippen molar-refractivity contribution in [2.24, 2.45) is 0 Å². The first-order valence-electron chi connectivity index (χ1n) is 6.33. The molecule has 0 saturated heterocycles. The lowest BCUT2D eigenvalue weighted by atomic mass is 10.1. The van der Waals surface area contributed by atoms with Crippen LogP contribution in [-0.2, 0) is 11.2 Å². The third-order valence-corrected chi connectivity index (χ3v) is 4.36. The molecule has 0 radical (unpaired) electrons. The van der Waals surface area contributed by atoms with Crippen LogP contribution in [0.2, 0.25) is 0 Å². The number of benzene rings is 2. The van der Waals surface area contributed by atoms with Gasteiger partial charge in [0.05, 0.1) is 7.11 Å². The second-order valence-corrected chi connectivity index (χ2v) is 6.39.